The molecule has 0 heterocycles. The van der Waals surface area contributed by atoms with Crippen molar-refractivity contribution < 1.29 is 13.9 Å². The molecule has 0 fully saturated rings. The van der Waals surface area contributed by atoms with Crippen LogP contribution in [0, 0.1) is 5.82 Å². The quantitative estimate of drug-likeness (QED) is 0.855. The Morgan fingerprint density at radius 2 is 1.76 bits per heavy atom. The van der Waals surface area contributed by atoms with Gasteiger partial charge in [-0.25, -0.2) is 4.39 Å². The molecule has 0 aliphatic heterocycles. The van der Waals surface area contributed by atoms with E-state index in [4.69, 9.17) is 15.2 Å². The molecule has 2 N–H and O–H groups in total. The van der Waals surface area contributed by atoms with E-state index < -0.39 is 5.82 Å². The smallest absolute Gasteiger partial charge is 0.166 e. The minimum atomic E-state index is -0.420. The third kappa shape index (κ3) is 4.20. The first-order valence-electron chi connectivity index (χ1n) is 7.06. The second-order valence-corrected chi connectivity index (χ2v) is 4.90. The van der Waals surface area contributed by atoms with Crippen molar-refractivity contribution in [3.05, 3.63) is 53.8 Å². The lowest BCUT2D eigenvalue weighted by Crippen LogP contribution is -2.05. The molecule has 2 aromatic rings. The summed E-state index contributed by atoms with van der Waals surface area (Å²) < 4.78 is 25.0. The maximum Gasteiger partial charge on any atom is 0.166 e. The third-order valence-electron chi connectivity index (χ3n) is 3.01. The number of nitrogens with two attached hydrogens (primary N) is 1. The number of hydrogen-bond acceptors (Lipinski definition) is 3. The van der Waals surface area contributed by atoms with Crippen molar-refractivity contribution in [2.45, 2.75) is 26.3 Å². The molecule has 0 radical (unpaired) electrons. The van der Waals surface area contributed by atoms with Crippen LogP contribution in [0.4, 0.5) is 4.39 Å². The summed E-state index contributed by atoms with van der Waals surface area (Å²) in [5.41, 5.74) is 6.46. The Morgan fingerprint density at radius 3 is 2.33 bits per heavy atom. The van der Waals surface area contributed by atoms with Gasteiger partial charge < -0.3 is 15.2 Å². The second-order valence-electron chi connectivity index (χ2n) is 4.90. The third-order valence-corrected chi connectivity index (χ3v) is 3.01. The van der Waals surface area contributed by atoms with Gasteiger partial charge in [-0.15, -0.1) is 0 Å². The van der Waals surface area contributed by atoms with E-state index in [-0.39, 0.29) is 11.8 Å². The van der Waals surface area contributed by atoms with Gasteiger partial charge in [-0.05, 0) is 55.3 Å². The van der Waals surface area contributed by atoms with Crippen molar-refractivity contribution in [3.8, 4) is 17.2 Å². The monoisotopic (exact) mass is 289 g/mol. The molecule has 4 heteroatoms. The van der Waals surface area contributed by atoms with Gasteiger partial charge in [0.15, 0.2) is 11.6 Å². The zero-order valence-corrected chi connectivity index (χ0v) is 12.3. The molecular formula is C17H20FNO2. The summed E-state index contributed by atoms with van der Waals surface area (Å²) in [6.45, 7) is 4.53. The molecule has 21 heavy (non-hydrogen) atoms. The van der Waals surface area contributed by atoms with Crippen molar-refractivity contribution in [1.29, 1.82) is 0 Å². The fraction of sp³-hybridized carbons (Fsp3) is 0.294. The number of ether oxygens (including phenoxy) is 2. The molecular weight excluding hydrogens is 269 g/mol. The van der Waals surface area contributed by atoms with Crippen molar-refractivity contribution in [1.82, 2.24) is 0 Å². The molecule has 3 nitrogen and oxygen atoms in total. The van der Waals surface area contributed by atoms with E-state index in [0.29, 0.717) is 12.4 Å². The maximum atomic E-state index is 13.9. The van der Waals surface area contributed by atoms with Crippen LogP contribution >= 0.6 is 0 Å². The molecule has 1 unspecified atom stereocenters. The van der Waals surface area contributed by atoms with E-state index in [0.717, 1.165) is 17.7 Å². The topological polar surface area (TPSA) is 44.5 Å². The molecule has 1 atom stereocenters. The van der Waals surface area contributed by atoms with Crippen LogP contribution in [0.3, 0.4) is 0 Å². The van der Waals surface area contributed by atoms with Gasteiger partial charge in [0.05, 0.1) is 6.61 Å². The summed E-state index contributed by atoms with van der Waals surface area (Å²) in [5, 5.41) is 0. The van der Waals surface area contributed by atoms with Crippen LogP contribution in [0.25, 0.3) is 0 Å². The predicted molar refractivity (Wildman–Crippen MR) is 81.3 cm³/mol. The lowest BCUT2D eigenvalue weighted by Gasteiger charge is -2.11. The summed E-state index contributed by atoms with van der Waals surface area (Å²) in [6.07, 6.45) is 0.954. The summed E-state index contributed by atoms with van der Waals surface area (Å²) in [7, 11) is 0. The highest BCUT2D eigenvalue weighted by atomic mass is 19.1. The van der Waals surface area contributed by atoms with Gasteiger partial charge in [0.1, 0.15) is 11.5 Å². The Morgan fingerprint density at radius 1 is 1.10 bits per heavy atom. The van der Waals surface area contributed by atoms with Gasteiger partial charge in [0, 0.05) is 6.04 Å². The number of rotatable bonds is 6. The lowest BCUT2D eigenvalue weighted by molar-refractivity contribution is 0.317. The molecule has 0 amide bonds. The zero-order chi connectivity index (χ0) is 15.2. The van der Waals surface area contributed by atoms with Gasteiger partial charge in [0.2, 0.25) is 0 Å². The van der Waals surface area contributed by atoms with Gasteiger partial charge in [-0.1, -0.05) is 13.0 Å². The second kappa shape index (κ2) is 7.09. The van der Waals surface area contributed by atoms with Crippen LogP contribution < -0.4 is 15.2 Å². The summed E-state index contributed by atoms with van der Waals surface area (Å²) in [4.78, 5) is 0. The molecule has 0 aliphatic carbocycles. The van der Waals surface area contributed by atoms with Gasteiger partial charge >= 0.3 is 0 Å². The van der Waals surface area contributed by atoms with E-state index in [1.165, 1.54) is 6.07 Å². The van der Waals surface area contributed by atoms with Crippen LogP contribution in [-0.4, -0.2) is 6.61 Å². The molecule has 0 spiro atoms. The summed E-state index contributed by atoms with van der Waals surface area (Å²) in [6, 6.07) is 11.7. The average molecular weight is 289 g/mol. The lowest BCUT2D eigenvalue weighted by atomic mass is 10.1. The predicted octanol–water partition coefficient (Wildman–Crippen LogP) is 4.43. The summed E-state index contributed by atoms with van der Waals surface area (Å²) in [5.74, 6) is 1.10. The van der Waals surface area contributed by atoms with Gasteiger partial charge in [0.25, 0.3) is 0 Å². The number of hydrogen-bond donors (Lipinski definition) is 1. The Kier molecular flexibility index (Phi) is 5.17. The minimum Gasteiger partial charge on any atom is -0.494 e. The minimum absolute atomic E-state index is 0.182. The van der Waals surface area contributed by atoms with Gasteiger partial charge in [-0.2, -0.15) is 0 Å². The first-order chi connectivity index (χ1) is 10.1. The van der Waals surface area contributed by atoms with E-state index in [2.05, 4.69) is 0 Å². The average Bonchev–Trinajstić information content (AvgIpc) is 2.48. The Labute approximate surface area is 124 Å². The van der Waals surface area contributed by atoms with Crippen molar-refractivity contribution in [2.24, 2.45) is 5.73 Å². The highest BCUT2D eigenvalue weighted by Gasteiger charge is 2.08. The molecule has 2 rings (SSSR count). The van der Waals surface area contributed by atoms with E-state index in [1.807, 2.05) is 13.8 Å². The fourth-order valence-electron chi connectivity index (χ4n) is 1.83. The Bertz CT molecular complexity index is 582. The number of benzene rings is 2. The molecule has 0 bridgehead atoms. The number of halogens is 1. The van der Waals surface area contributed by atoms with Crippen LogP contribution in [0.1, 0.15) is 31.9 Å². The van der Waals surface area contributed by atoms with Crippen molar-refractivity contribution >= 4 is 0 Å². The first kappa shape index (κ1) is 15.3. The molecule has 2 aromatic carbocycles. The van der Waals surface area contributed by atoms with Crippen molar-refractivity contribution in [2.75, 3.05) is 6.61 Å². The normalized spacial score (nSPS) is 12.0. The highest BCUT2D eigenvalue weighted by Crippen LogP contribution is 2.27. The van der Waals surface area contributed by atoms with Gasteiger partial charge in [-0.3, -0.25) is 0 Å². The largest absolute Gasteiger partial charge is 0.494 e. The van der Waals surface area contributed by atoms with E-state index >= 15 is 0 Å². The van der Waals surface area contributed by atoms with Crippen LogP contribution in [0.2, 0.25) is 0 Å². The fourth-order valence-corrected chi connectivity index (χ4v) is 1.83. The SMILES string of the molecule is CCCOc1ccc(Oc2ccc(C(C)N)cc2F)cc1. The molecule has 0 aliphatic rings. The standard InChI is InChI=1S/C17H20FNO2/c1-3-10-20-14-5-7-15(8-6-14)21-17-9-4-13(12(2)19)11-16(17)18/h4-9,11-12H,3,10,19H2,1-2H3. The molecule has 0 aromatic heterocycles. The van der Waals surface area contributed by atoms with Crippen LogP contribution in [-0.2, 0) is 0 Å². The Balaban J connectivity index is 2.07. The highest BCUT2D eigenvalue weighted by molar-refractivity contribution is 5.37. The summed E-state index contributed by atoms with van der Waals surface area (Å²) >= 11 is 0. The molecule has 112 valence electrons. The van der Waals surface area contributed by atoms with Crippen LogP contribution in [0.15, 0.2) is 42.5 Å². The molecule has 0 saturated heterocycles. The maximum absolute atomic E-state index is 13.9. The Hall–Kier alpha value is -2.07. The zero-order valence-electron chi connectivity index (χ0n) is 12.3. The first-order valence-corrected chi connectivity index (χ1v) is 7.06. The van der Waals surface area contributed by atoms with E-state index in [1.54, 1.807) is 36.4 Å². The van der Waals surface area contributed by atoms with Crippen LogP contribution in [0.5, 0.6) is 17.2 Å². The molecule has 0 saturated carbocycles. The van der Waals surface area contributed by atoms with E-state index in [9.17, 15) is 4.39 Å². The van der Waals surface area contributed by atoms with Crippen molar-refractivity contribution in [3.63, 3.8) is 0 Å².